The van der Waals surface area contributed by atoms with Gasteiger partial charge in [-0.05, 0) is 69.4 Å². The van der Waals surface area contributed by atoms with Crippen molar-refractivity contribution < 1.29 is 0 Å². The van der Waals surface area contributed by atoms with E-state index in [0.29, 0.717) is 0 Å². The molecule has 0 saturated heterocycles. The first kappa shape index (κ1) is 24.5. The monoisotopic (exact) mass is 554 g/mol. The first-order valence-electron chi connectivity index (χ1n) is 14.1. The number of nitrogens with zero attached hydrogens (tertiary/aromatic N) is 2. The molecule has 8 rings (SSSR count). The minimum atomic E-state index is 0.898. The average Bonchev–Trinajstić information content (AvgIpc) is 3.45. The van der Waals surface area contributed by atoms with Gasteiger partial charge in [-0.15, -0.1) is 11.3 Å². The Morgan fingerprint density at radius 1 is 0.452 bits per heavy atom. The second-order valence-electron chi connectivity index (χ2n) is 10.5. The lowest BCUT2D eigenvalue weighted by molar-refractivity contribution is 1.19. The van der Waals surface area contributed by atoms with Gasteiger partial charge in [0.2, 0.25) is 0 Å². The molecule has 0 N–H and O–H groups in total. The van der Waals surface area contributed by atoms with Crippen LogP contribution in [0.5, 0.6) is 0 Å². The van der Waals surface area contributed by atoms with E-state index in [1.807, 2.05) is 6.20 Å². The summed E-state index contributed by atoms with van der Waals surface area (Å²) >= 11 is 1.81. The molecule has 2 aromatic heterocycles. The third-order valence-corrected chi connectivity index (χ3v) is 9.03. The Bertz CT molecular complexity index is 2080. The maximum absolute atomic E-state index is 5.03. The van der Waals surface area contributed by atoms with Crippen molar-refractivity contribution >= 4 is 59.5 Å². The maximum atomic E-state index is 5.03. The summed E-state index contributed by atoms with van der Waals surface area (Å²) < 4.78 is 2.48. The highest BCUT2D eigenvalue weighted by atomic mass is 32.1. The Balaban J connectivity index is 1.29. The molecule has 0 radical (unpaired) electrons. The lowest BCUT2D eigenvalue weighted by Crippen LogP contribution is -2.11. The number of anilines is 3. The van der Waals surface area contributed by atoms with Crippen LogP contribution in [0.15, 0.2) is 158 Å². The van der Waals surface area contributed by atoms with Gasteiger partial charge in [-0.1, -0.05) is 115 Å². The zero-order valence-electron chi connectivity index (χ0n) is 22.8. The molecule has 0 aliphatic heterocycles. The van der Waals surface area contributed by atoms with Crippen molar-refractivity contribution in [1.29, 1.82) is 0 Å². The fourth-order valence-corrected chi connectivity index (χ4v) is 6.92. The zero-order chi connectivity index (χ0) is 27.9. The molecule has 0 fully saturated rings. The van der Waals surface area contributed by atoms with Gasteiger partial charge in [0.1, 0.15) is 5.82 Å². The highest BCUT2D eigenvalue weighted by molar-refractivity contribution is 7.26. The molecule has 42 heavy (non-hydrogen) atoms. The third-order valence-electron chi connectivity index (χ3n) is 7.93. The highest BCUT2D eigenvalue weighted by Gasteiger charge is 2.17. The highest BCUT2D eigenvalue weighted by Crippen LogP contribution is 2.42. The fraction of sp³-hybridized carbons (Fsp3) is 0. The van der Waals surface area contributed by atoms with Crippen molar-refractivity contribution in [2.45, 2.75) is 0 Å². The van der Waals surface area contributed by atoms with Crippen LogP contribution in [0.25, 0.3) is 53.2 Å². The van der Waals surface area contributed by atoms with E-state index in [1.54, 1.807) is 11.3 Å². The first-order chi connectivity index (χ1) is 20.8. The molecular weight excluding hydrogens is 529 g/mol. The van der Waals surface area contributed by atoms with Gasteiger partial charge in [0.25, 0.3) is 0 Å². The summed E-state index contributed by atoms with van der Waals surface area (Å²) in [6.07, 6.45) is 2.04. The van der Waals surface area contributed by atoms with E-state index in [4.69, 9.17) is 4.98 Å². The second-order valence-corrected chi connectivity index (χ2v) is 11.5. The largest absolute Gasteiger partial charge is 0.295 e. The van der Waals surface area contributed by atoms with Crippen molar-refractivity contribution in [3.8, 4) is 22.3 Å². The number of aromatic nitrogens is 1. The van der Waals surface area contributed by atoms with Crippen LogP contribution in [0, 0.1) is 0 Å². The predicted octanol–water partition coefficient (Wildman–Crippen LogP) is 11.4. The molecule has 0 amide bonds. The van der Waals surface area contributed by atoms with Gasteiger partial charge in [-0.25, -0.2) is 4.98 Å². The summed E-state index contributed by atoms with van der Waals surface area (Å²) in [6.45, 7) is 0. The second kappa shape index (κ2) is 10.3. The van der Waals surface area contributed by atoms with Crippen LogP contribution >= 0.6 is 11.3 Å². The van der Waals surface area contributed by atoms with Crippen LogP contribution in [0.1, 0.15) is 0 Å². The molecule has 198 valence electrons. The summed E-state index contributed by atoms with van der Waals surface area (Å²) in [7, 11) is 0. The van der Waals surface area contributed by atoms with Crippen LogP contribution < -0.4 is 4.90 Å². The number of pyridine rings is 1. The van der Waals surface area contributed by atoms with E-state index in [1.165, 1.54) is 53.2 Å². The normalized spacial score (nSPS) is 11.3. The standard InChI is InChI=1S/C39H26N2S/c1-3-9-27(10-4-1)29-15-20-32(21-16-29)41(33-22-17-30(18-23-33)28-11-5-2-6-12-28)38-25-35-37(26-40-38)42-36-24-19-31-13-7-8-14-34(31)39(35)36/h1-26H. The summed E-state index contributed by atoms with van der Waals surface area (Å²) in [6, 6.07) is 54.0. The van der Waals surface area contributed by atoms with Gasteiger partial charge in [0.15, 0.2) is 0 Å². The van der Waals surface area contributed by atoms with Crippen molar-refractivity contribution in [2.75, 3.05) is 4.90 Å². The van der Waals surface area contributed by atoms with Gasteiger partial charge < -0.3 is 0 Å². The smallest absolute Gasteiger partial charge is 0.138 e. The predicted molar refractivity (Wildman–Crippen MR) is 180 cm³/mol. The van der Waals surface area contributed by atoms with Crippen molar-refractivity contribution in [3.63, 3.8) is 0 Å². The van der Waals surface area contributed by atoms with Crippen molar-refractivity contribution in [2.24, 2.45) is 0 Å². The molecule has 8 aromatic rings. The Labute approximate surface area is 248 Å². The molecule has 0 saturated carbocycles. The molecule has 3 heteroatoms. The van der Waals surface area contributed by atoms with E-state index < -0.39 is 0 Å². The van der Waals surface area contributed by atoms with Crippen LogP contribution in [0.2, 0.25) is 0 Å². The van der Waals surface area contributed by atoms with E-state index in [9.17, 15) is 0 Å². The Morgan fingerprint density at radius 2 is 1.00 bits per heavy atom. The Kier molecular flexibility index (Phi) is 6.02. The quantitative estimate of drug-likeness (QED) is 0.210. The molecular formula is C39H26N2S. The minimum Gasteiger partial charge on any atom is -0.295 e. The fourth-order valence-electron chi connectivity index (χ4n) is 5.84. The minimum absolute atomic E-state index is 0.898. The molecule has 2 heterocycles. The van der Waals surface area contributed by atoms with E-state index in [-0.39, 0.29) is 0 Å². The van der Waals surface area contributed by atoms with Crippen LogP contribution in [-0.2, 0) is 0 Å². The number of hydrogen-bond donors (Lipinski definition) is 0. The Morgan fingerprint density at radius 3 is 1.62 bits per heavy atom. The molecule has 0 aliphatic rings. The van der Waals surface area contributed by atoms with Crippen LogP contribution in [0.4, 0.5) is 17.2 Å². The first-order valence-corrected chi connectivity index (χ1v) is 14.9. The number of fused-ring (bicyclic) bond motifs is 5. The summed E-state index contributed by atoms with van der Waals surface area (Å²) in [5, 5.41) is 5.08. The number of benzene rings is 6. The lowest BCUT2D eigenvalue weighted by Gasteiger charge is -2.25. The van der Waals surface area contributed by atoms with Crippen molar-refractivity contribution in [3.05, 3.63) is 158 Å². The zero-order valence-corrected chi connectivity index (χ0v) is 23.6. The number of thiophene rings is 1. The van der Waals surface area contributed by atoms with Gasteiger partial charge in [0.05, 0.1) is 4.70 Å². The van der Waals surface area contributed by atoms with Gasteiger partial charge in [-0.2, -0.15) is 0 Å². The van der Waals surface area contributed by atoms with Crippen molar-refractivity contribution in [1.82, 2.24) is 4.98 Å². The molecule has 0 unspecified atom stereocenters. The lowest BCUT2D eigenvalue weighted by atomic mass is 10.0. The summed E-state index contributed by atoms with van der Waals surface area (Å²) in [4.78, 5) is 7.29. The van der Waals surface area contributed by atoms with Crippen LogP contribution in [0.3, 0.4) is 0 Å². The van der Waals surface area contributed by atoms with Gasteiger partial charge in [0, 0.05) is 33.0 Å². The Hall–Kier alpha value is -5.25. The molecule has 0 aliphatic carbocycles. The number of hydrogen-bond acceptors (Lipinski definition) is 3. The maximum Gasteiger partial charge on any atom is 0.138 e. The molecule has 0 bridgehead atoms. The summed E-state index contributed by atoms with van der Waals surface area (Å²) in [5.74, 6) is 0.898. The van der Waals surface area contributed by atoms with Gasteiger partial charge >= 0.3 is 0 Å². The van der Waals surface area contributed by atoms with Crippen LogP contribution in [-0.4, -0.2) is 4.98 Å². The van der Waals surface area contributed by atoms with E-state index in [0.717, 1.165) is 17.2 Å². The molecule has 0 spiro atoms. The third kappa shape index (κ3) is 4.32. The SMILES string of the molecule is c1ccc(-c2ccc(N(c3ccc(-c4ccccc4)cc3)c3cc4c(cn3)sc3ccc5ccccc5c34)cc2)cc1. The average molecular weight is 555 g/mol. The molecule has 2 nitrogen and oxygen atoms in total. The molecule has 6 aromatic carbocycles. The summed E-state index contributed by atoms with van der Waals surface area (Å²) in [5.41, 5.74) is 6.93. The van der Waals surface area contributed by atoms with E-state index >= 15 is 0 Å². The van der Waals surface area contributed by atoms with Gasteiger partial charge in [-0.3, -0.25) is 4.90 Å². The molecule has 0 atom stereocenters. The van der Waals surface area contributed by atoms with E-state index in [2.05, 4.69) is 157 Å². The number of rotatable bonds is 5. The topological polar surface area (TPSA) is 16.1 Å².